The number of aryl methyl sites for hydroxylation is 1. The van der Waals surface area contributed by atoms with Crippen molar-refractivity contribution >= 4 is 28.7 Å². The molecule has 1 aromatic carbocycles. The molecule has 0 radical (unpaired) electrons. The Balaban J connectivity index is 2.37. The van der Waals surface area contributed by atoms with E-state index in [0.717, 1.165) is 5.56 Å². The number of benzene rings is 1. The second-order valence-electron chi connectivity index (χ2n) is 3.76. The molecule has 5 nitrogen and oxygen atoms in total. The average Bonchev–Trinajstić information content (AvgIpc) is 2.33. The second kappa shape index (κ2) is 5.01. The molecule has 0 saturated heterocycles. The van der Waals surface area contributed by atoms with Crippen LogP contribution in [-0.2, 0) is 0 Å². The van der Waals surface area contributed by atoms with Crippen LogP contribution in [0.3, 0.4) is 0 Å². The standard InChI is InChI=1S/C12H10ClN3O2/c1-8-2-3-10(9(13)6-8)15-11-4-5-14-7-12(11)16(17)18/h2-7H,1H3,(H,14,15). The Morgan fingerprint density at radius 1 is 1.33 bits per heavy atom. The molecule has 2 rings (SSSR count). The molecule has 1 heterocycles. The van der Waals surface area contributed by atoms with Crippen molar-refractivity contribution < 1.29 is 4.92 Å². The zero-order valence-corrected chi connectivity index (χ0v) is 10.3. The number of hydrogen-bond donors (Lipinski definition) is 1. The topological polar surface area (TPSA) is 68.1 Å². The van der Waals surface area contributed by atoms with Gasteiger partial charge in [-0.2, -0.15) is 0 Å². The highest BCUT2D eigenvalue weighted by atomic mass is 35.5. The van der Waals surface area contributed by atoms with Gasteiger partial charge in [-0.1, -0.05) is 17.7 Å². The average molecular weight is 264 g/mol. The maximum Gasteiger partial charge on any atom is 0.310 e. The van der Waals surface area contributed by atoms with Gasteiger partial charge in [0.25, 0.3) is 0 Å². The molecule has 0 saturated carbocycles. The highest BCUT2D eigenvalue weighted by molar-refractivity contribution is 6.33. The van der Waals surface area contributed by atoms with Crippen molar-refractivity contribution in [1.29, 1.82) is 0 Å². The summed E-state index contributed by atoms with van der Waals surface area (Å²) in [5, 5.41) is 14.3. The number of rotatable bonds is 3. The van der Waals surface area contributed by atoms with Crippen molar-refractivity contribution in [2.24, 2.45) is 0 Å². The Hall–Kier alpha value is -2.14. The number of nitro groups is 1. The molecule has 2 aromatic rings. The summed E-state index contributed by atoms with van der Waals surface area (Å²) in [4.78, 5) is 14.1. The summed E-state index contributed by atoms with van der Waals surface area (Å²) in [7, 11) is 0. The SMILES string of the molecule is Cc1ccc(Nc2ccncc2[N+](=O)[O-])c(Cl)c1. The third-order valence-corrected chi connectivity index (χ3v) is 2.70. The third kappa shape index (κ3) is 2.57. The smallest absolute Gasteiger partial charge is 0.310 e. The van der Waals surface area contributed by atoms with E-state index in [1.165, 1.54) is 18.5 Å². The molecule has 1 aromatic heterocycles. The monoisotopic (exact) mass is 263 g/mol. The lowest BCUT2D eigenvalue weighted by atomic mass is 10.2. The quantitative estimate of drug-likeness (QED) is 0.677. The zero-order chi connectivity index (χ0) is 13.1. The number of nitrogens with zero attached hydrogens (tertiary/aromatic N) is 2. The molecule has 0 spiro atoms. The van der Waals surface area contributed by atoms with Crippen molar-refractivity contribution in [1.82, 2.24) is 4.98 Å². The first-order valence-electron chi connectivity index (χ1n) is 5.19. The molecule has 0 aliphatic rings. The lowest BCUT2D eigenvalue weighted by molar-refractivity contribution is -0.384. The van der Waals surface area contributed by atoms with E-state index < -0.39 is 4.92 Å². The van der Waals surface area contributed by atoms with Gasteiger partial charge in [0.2, 0.25) is 0 Å². The maximum atomic E-state index is 10.8. The van der Waals surface area contributed by atoms with Crippen LogP contribution in [0.25, 0.3) is 0 Å². The predicted molar refractivity (Wildman–Crippen MR) is 70.4 cm³/mol. The van der Waals surface area contributed by atoms with Gasteiger partial charge < -0.3 is 5.32 Å². The van der Waals surface area contributed by atoms with Crippen LogP contribution in [0.4, 0.5) is 17.1 Å². The Morgan fingerprint density at radius 2 is 2.11 bits per heavy atom. The summed E-state index contributed by atoms with van der Waals surface area (Å²) < 4.78 is 0. The Labute approximate surface area is 109 Å². The molecule has 18 heavy (non-hydrogen) atoms. The first-order valence-corrected chi connectivity index (χ1v) is 5.57. The fraction of sp³-hybridized carbons (Fsp3) is 0.0833. The Kier molecular flexibility index (Phi) is 3.43. The van der Waals surface area contributed by atoms with Crippen molar-refractivity contribution in [2.45, 2.75) is 6.92 Å². The number of nitrogens with one attached hydrogen (secondary N) is 1. The van der Waals surface area contributed by atoms with Crippen LogP contribution in [0.1, 0.15) is 5.56 Å². The van der Waals surface area contributed by atoms with Crippen molar-refractivity contribution in [2.75, 3.05) is 5.32 Å². The van der Waals surface area contributed by atoms with Gasteiger partial charge >= 0.3 is 5.69 Å². The van der Waals surface area contributed by atoms with Gasteiger partial charge in [-0.3, -0.25) is 15.1 Å². The molecule has 0 fully saturated rings. The predicted octanol–water partition coefficient (Wildman–Crippen LogP) is 3.70. The molecule has 1 N–H and O–H groups in total. The van der Waals surface area contributed by atoms with Crippen LogP contribution in [-0.4, -0.2) is 9.91 Å². The van der Waals surface area contributed by atoms with Crippen molar-refractivity contribution in [3.8, 4) is 0 Å². The number of anilines is 2. The van der Waals surface area contributed by atoms with Gasteiger partial charge in [-0.25, -0.2) is 0 Å². The Morgan fingerprint density at radius 3 is 2.78 bits per heavy atom. The van der Waals surface area contributed by atoms with E-state index in [4.69, 9.17) is 11.6 Å². The van der Waals surface area contributed by atoms with E-state index in [1.54, 1.807) is 12.1 Å². The summed E-state index contributed by atoms with van der Waals surface area (Å²) in [6.45, 7) is 1.92. The molecular formula is C12H10ClN3O2. The first-order chi connectivity index (χ1) is 8.58. The van der Waals surface area contributed by atoms with Crippen LogP contribution in [0.5, 0.6) is 0 Å². The fourth-order valence-electron chi connectivity index (χ4n) is 1.50. The first kappa shape index (κ1) is 12.3. The number of aromatic nitrogens is 1. The summed E-state index contributed by atoms with van der Waals surface area (Å²) in [5.41, 5.74) is 1.92. The van der Waals surface area contributed by atoms with Crippen molar-refractivity contribution in [3.63, 3.8) is 0 Å². The van der Waals surface area contributed by atoms with E-state index in [-0.39, 0.29) is 5.69 Å². The molecule has 6 heteroatoms. The molecule has 92 valence electrons. The summed E-state index contributed by atoms with van der Waals surface area (Å²) >= 11 is 6.06. The van der Waals surface area contributed by atoms with E-state index in [9.17, 15) is 10.1 Å². The number of pyridine rings is 1. The van der Waals surface area contributed by atoms with Crippen LogP contribution >= 0.6 is 11.6 Å². The minimum Gasteiger partial charge on any atom is -0.349 e. The highest BCUT2D eigenvalue weighted by Crippen LogP contribution is 2.30. The maximum absolute atomic E-state index is 10.8. The zero-order valence-electron chi connectivity index (χ0n) is 9.55. The molecule has 0 aliphatic heterocycles. The van der Waals surface area contributed by atoms with E-state index in [1.807, 2.05) is 13.0 Å². The van der Waals surface area contributed by atoms with Crippen molar-refractivity contribution in [3.05, 3.63) is 57.4 Å². The van der Waals surface area contributed by atoms with Gasteiger partial charge in [0.1, 0.15) is 11.9 Å². The van der Waals surface area contributed by atoms with Crippen LogP contribution < -0.4 is 5.32 Å². The van der Waals surface area contributed by atoms with Crippen LogP contribution in [0.15, 0.2) is 36.7 Å². The Bertz CT molecular complexity index is 602. The largest absolute Gasteiger partial charge is 0.349 e. The highest BCUT2D eigenvalue weighted by Gasteiger charge is 2.14. The van der Waals surface area contributed by atoms with Gasteiger partial charge in [-0.05, 0) is 30.7 Å². The fourth-order valence-corrected chi connectivity index (χ4v) is 1.79. The summed E-state index contributed by atoms with van der Waals surface area (Å²) in [6, 6.07) is 6.98. The number of halogens is 1. The minimum atomic E-state index is -0.489. The molecule has 0 unspecified atom stereocenters. The third-order valence-electron chi connectivity index (χ3n) is 2.39. The lowest BCUT2D eigenvalue weighted by Crippen LogP contribution is -1.98. The normalized spacial score (nSPS) is 10.1. The molecule has 0 amide bonds. The summed E-state index contributed by atoms with van der Waals surface area (Å²) in [6.07, 6.45) is 2.68. The summed E-state index contributed by atoms with van der Waals surface area (Å²) in [5.74, 6) is 0. The molecular weight excluding hydrogens is 254 g/mol. The van der Waals surface area contributed by atoms with Gasteiger partial charge in [0.15, 0.2) is 0 Å². The van der Waals surface area contributed by atoms with E-state index >= 15 is 0 Å². The second-order valence-corrected chi connectivity index (χ2v) is 4.17. The lowest BCUT2D eigenvalue weighted by Gasteiger charge is -2.08. The van der Waals surface area contributed by atoms with E-state index in [0.29, 0.717) is 16.4 Å². The van der Waals surface area contributed by atoms with Gasteiger partial charge in [-0.15, -0.1) is 0 Å². The van der Waals surface area contributed by atoms with E-state index in [2.05, 4.69) is 10.3 Å². The molecule has 0 atom stereocenters. The minimum absolute atomic E-state index is 0.0888. The van der Waals surface area contributed by atoms with Gasteiger partial charge in [0, 0.05) is 6.20 Å². The number of hydrogen-bond acceptors (Lipinski definition) is 4. The molecule has 0 aliphatic carbocycles. The van der Waals surface area contributed by atoms with Gasteiger partial charge in [0.05, 0.1) is 15.6 Å². The van der Waals surface area contributed by atoms with Crippen LogP contribution in [0.2, 0.25) is 5.02 Å². The van der Waals surface area contributed by atoms with Crippen LogP contribution in [0, 0.1) is 17.0 Å². The molecule has 0 bridgehead atoms.